The van der Waals surface area contributed by atoms with E-state index in [4.69, 9.17) is 4.74 Å². The van der Waals surface area contributed by atoms with Gasteiger partial charge in [-0.25, -0.2) is 4.79 Å². The zero-order valence-corrected chi connectivity index (χ0v) is 11.5. The summed E-state index contributed by atoms with van der Waals surface area (Å²) in [5.74, 6) is 0.0512. The molecule has 0 radical (unpaired) electrons. The second kappa shape index (κ2) is 5.61. The largest absolute Gasteiger partial charge is 0.508 e. The molecule has 0 aliphatic heterocycles. The van der Waals surface area contributed by atoms with Crippen molar-refractivity contribution in [3.8, 4) is 11.8 Å². The third-order valence-electron chi connectivity index (χ3n) is 2.38. The standard InChI is InChI=1S/C14H18N2O3/c1-14(2,3)19-13(18)16(4)12(9-15)10-6-5-7-11(17)8-10/h5-8,12,17H,1-4H3. The Kier molecular flexibility index (Phi) is 4.38. The van der Waals surface area contributed by atoms with Gasteiger partial charge in [0.1, 0.15) is 17.4 Å². The van der Waals surface area contributed by atoms with Crippen molar-refractivity contribution in [3.63, 3.8) is 0 Å². The van der Waals surface area contributed by atoms with E-state index in [2.05, 4.69) is 0 Å². The van der Waals surface area contributed by atoms with Crippen molar-refractivity contribution in [2.45, 2.75) is 32.4 Å². The Bertz CT molecular complexity index is 500. The number of nitriles is 1. The minimum absolute atomic E-state index is 0.0512. The second-order valence-electron chi connectivity index (χ2n) is 5.22. The minimum Gasteiger partial charge on any atom is -0.508 e. The molecule has 0 aromatic heterocycles. The Morgan fingerprint density at radius 1 is 1.47 bits per heavy atom. The maximum Gasteiger partial charge on any atom is 0.411 e. The molecule has 0 heterocycles. The van der Waals surface area contributed by atoms with Crippen LogP contribution in [0.1, 0.15) is 32.4 Å². The number of amides is 1. The van der Waals surface area contributed by atoms with Crippen LogP contribution in [0.2, 0.25) is 0 Å². The summed E-state index contributed by atoms with van der Waals surface area (Å²) in [6.45, 7) is 5.28. The van der Waals surface area contributed by atoms with Crippen LogP contribution in [0.4, 0.5) is 4.79 Å². The molecule has 102 valence electrons. The number of aromatic hydroxyl groups is 1. The fourth-order valence-corrected chi connectivity index (χ4v) is 1.52. The molecule has 1 rings (SSSR count). The molecule has 5 nitrogen and oxygen atoms in total. The molecule has 0 bridgehead atoms. The number of hydrogen-bond acceptors (Lipinski definition) is 4. The Morgan fingerprint density at radius 3 is 2.58 bits per heavy atom. The Labute approximate surface area is 113 Å². The molecule has 0 spiro atoms. The van der Waals surface area contributed by atoms with Gasteiger partial charge in [0, 0.05) is 7.05 Å². The molecule has 1 aromatic rings. The number of phenols is 1. The third-order valence-corrected chi connectivity index (χ3v) is 2.38. The summed E-state index contributed by atoms with van der Waals surface area (Å²) in [6, 6.07) is 7.48. The Balaban J connectivity index is 2.92. The highest BCUT2D eigenvalue weighted by Gasteiger charge is 2.26. The van der Waals surface area contributed by atoms with Gasteiger partial charge in [0.05, 0.1) is 6.07 Å². The molecule has 0 fully saturated rings. The number of ether oxygens (including phenoxy) is 1. The van der Waals surface area contributed by atoms with E-state index in [1.54, 1.807) is 32.9 Å². The van der Waals surface area contributed by atoms with Gasteiger partial charge < -0.3 is 9.84 Å². The molecule has 0 saturated heterocycles. The van der Waals surface area contributed by atoms with Crippen molar-refractivity contribution in [2.24, 2.45) is 0 Å². The van der Waals surface area contributed by atoms with Crippen LogP contribution in [-0.2, 0) is 4.74 Å². The van der Waals surface area contributed by atoms with Gasteiger partial charge in [-0.1, -0.05) is 12.1 Å². The predicted molar refractivity (Wildman–Crippen MR) is 70.5 cm³/mol. The smallest absolute Gasteiger partial charge is 0.411 e. The van der Waals surface area contributed by atoms with E-state index < -0.39 is 17.7 Å². The van der Waals surface area contributed by atoms with Crippen LogP contribution in [0.5, 0.6) is 5.75 Å². The average molecular weight is 262 g/mol. The summed E-state index contributed by atoms with van der Waals surface area (Å²) >= 11 is 0. The Morgan fingerprint density at radius 2 is 2.11 bits per heavy atom. The molecule has 1 amide bonds. The molecular formula is C14H18N2O3. The average Bonchev–Trinajstić information content (AvgIpc) is 2.27. The van der Waals surface area contributed by atoms with Gasteiger partial charge in [-0.05, 0) is 38.5 Å². The first-order valence-corrected chi connectivity index (χ1v) is 5.89. The summed E-state index contributed by atoms with van der Waals surface area (Å²) in [6.07, 6.45) is -0.581. The van der Waals surface area contributed by atoms with Crippen molar-refractivity contribution in [1.29, 1.82) is 5.26 Å². The quantitative estimate of drug-likeness (QED) is 0.889. The molecule has 0 aliphatic carbocycles. The number of rotatable bonds is 2. The van der Waals surface area contributed by atoms with Crippen molar-refractivity contribution in [3.05, 3.63) is 29.8 Å². The maximum atomic E-state index is 11.9. The highest BCUT2D eigenvalue weighted by atomic mass is 16.6. The number of hydrogen-bond donors (Lipinski definition) is 1. The first-order chi connectivity index (χ1) is 8.74. The van der Waals surface area contributed by atoms with E-state index in [-0.39, 0.29) is 5.75 Å². The lowest BCUT2D eigenvalue weighted by Crippen LogP contribution is -2.36. The van der Waals surface area contributed by atoms with Gasteiger partial charge in [0.2, 0.25) is 0 Å². The molecule has 1 atom stereocenters. The molecule has 1 unspecified atom stereocenters. The molecule has 19 heavy (non-hydrogen) atoms. The maximum absolute atomic E-state index is 11.9. The van der Waals surface area contributed by atoms with Crippen molar-refractivity contribution in [2.75, 3.05) is 7.05 Å². The van der Waals surface area contributed by atoms with Gasteiger partial charge in [-0.15, -0.1) is 0 Å². The summed E-state index contributed by atoms with van der Waals surface area (Å²) < 4.78 is 5.21. The number of carbonyl (C=O) groups excluding carboxylic acids is 1. The first-order valence-electron chi connectivity index (χ1n) is 5.89. The van der Waals surface area contributed by atoms with E-state index in [1.165, 1.54) is 24.1 Å². The number of nitrogens with zero attached hydrogens (tertiary/aromatic N) is 2. The topological polar surface area (TPSA) is 73.6 Å². The zero-order valence-electron chi connectivity index (χ0n) is 11.5. The van der Waals surface area contributed by atoms with Crippen molar-refractivity contribution < 1.29 is 14.6 Å². The van der Waals surface area contributed by atoms with E-state index in [9.17, 15) is 15.2 Å². The monoisotopic (exact) mass is 262 g/mol. The lowest BCUT2D eigenvalue weighted by Gasteiger charge is -2.27. The lowest BCUT2D eigenvalue weighted by molar-refractivity contribution is 0.0258. The minimum atomic E-state index is -0.804. The van der Waals surface area contributed by atoms with Gasteiger partial charge >= 0.3 is 6.09 Å². The van der Waals surface area contributed by atoms with Crippen LogP contribution < -0.4 is 0 Å². The van der Waals surface area contributed by atoms with E-state index in [0.717, 1.165) is 0 Å². The van der Waals surface area contributed by atoms with Crippen LogP contribution in [0.25, 0.3) is 0 Å². The summed E-state index contributed by atoms with van der Waals surface area (Å²) in [5, 5.41) is 18.6. The van der Waals surface area contributed by atoms with Crippen LogP contribution in [0.15, 0.2) is 24.3 Å². The fourth-order valence-electron chi connectivity index (χ4n) is 1.52. The summed E-state index contributed by atoms with van der Waals surface area (Å²) in [5.41, 5.74) is -0.0830. The number of phenolic OH excluding ortho intramolecular Hbond substituents is 1. The second-order valence-corrected chi connectivity index (χ2v) is 5.22. The zero-order chi connectivity index (χ0) is 14.6. The van der Waals surface area contributed by atoms with Gasteiger partial charge in [-0.2, -0.15) is 5.26 Å². The predicted octanol–water partition coefficient (Wildman–Crippen LogP) is 2.82. The third kappa shape index (κ3) is 4.18. The molecular weight excluding hydrogens is 244 g/mol. The van der Waals surface area contributed by atoms with E-state index in [0.29, 0.717) is 5.56 Å². The van der Waals surface area contributed by atoms with Gasteiger partial charge in [0.15, 0.2) is 0 Å². The lowest BCUT2D eigenvalue weighted by atomic mass is 10.1. The molecule has 1 N–H and O–H groups in total. The number of benzene rings is 1. The molecule has 0 aliphatic rings. The SMILES string of the molecule is CN(C(=O)OC(C)(C)C)C(C#N)c1cccc(O)c1. The van der Waals surface area contributed by atoms with Crippen LogP contribution in [-0.4, -0.2) is 28.7 Å². The van der Waals surface area contributed by atoms with Crippen molar-refractivity contribution in [1.82, 2.24) is 4.90 Å². The fraction of sp³-hybridized carbons (Fsp3) is 0.429. The summed E-state index contributed by atoms with van der Waals surface area (Å²) in [7, 11) is 1.49. The van der Waals surface area contributed by atoms with E-state index >= 15 is 0 Å². The van der Waals surface area contributed by atoms with Gasteiger partial charge in [0.25, 0.3) is 0 Å². The normalized spacial score (nSPS) is 12.4. The Hall–Kier alpha value is -2.22. The number of carbonyl (C=O) groups is 1. The van der Waals surface area contributed by atoms with E-state index in [1.807, 2.05) is 6.07 Å². The van der Waals surface area contributed by atoms with Crippen LogP contribution >= 0.6 is 0 Å². The van der Waals surface area contributed by atoms with Gasteiger partial charge in [-0.3, -0.25) is 4.90 Å². The first kappa shape index (κ1) is 14.8. The highest BCUT2D eigenvalue weighted by molar-refractivity contribution is 5.69. The molecule has 5 heteroatoms. The molecule has 1 aromatic carbocycles. The van der Waals surface area contributed by atoms with Crippen LogP contribution in [0, 0.1) is 11.3 Å². The highest BCUT2D eigenvalue weighted by Crippen LogP contribution is 2.23. The summed E-state index contributed by atoms with van der Waals surface area (Å²) in [4.78, 5) is 13.1. The molecule has 0 saturated carbocycles. The van der Waals surface area contributed by atoms with Crippen LogP contribution in [0.3, 0.4) is 0 Å². The van der Waals surface area contributed by atoms with Crippen molar-refractivity contribution >= 4 is 6.09 Å².